The van der Waals surface area contributed by atoms with E-state index in [0.717, 1.165) is 6.42 Å². The van der Waals surface area contributed by atoms with Crippen molar-refractivity contribution in [3.05, 3.63) is 0 Å². The molecule has 4 nitrogen and oxygen atoms in total. The monoisotopic (exact) mass is 226 g/mol. The topological polar surface area (TPSA) is 64.3 Å². The Morgan fingerprint density at radius 3 is 2.44 bits per heavy atom. The number of nitrogens with one attached hydrogen (secondary N) is 1. The molecule has 0 aromatic heterocycles. The van der Waals surface area contributed by atoms with Crippen LogP contribution in [-0.4, -0.2) is 23.8 Å². The minimum atomic E-state index is -0.665. The van der Waals surface area contributed by atoms with E-state index in [0.29, 0.717) is 18.0 Å². The molecule has 4 heteroatoms. The molecule has 2 atom stereocenters. The fourth-order valence-electron chi connectivity index (χ4n) is 3.35. The number of rotatable bonds is 3. The number of carbonyl (C=O) groups is 1. The van der Waals surface area contributed by atoms with E-state index in [1.54, 1.807) is 0 Å². The van der Waals surface area contributed by atoms with Gasteiger partial charge in [-0.1, -0.05) is 0 Å². The van der Waals surface area contributed by atoms with Crippen molar-refractivity contribution < 1.29 is 9.53 Å². The summed E-state index contributed by atoms with van der Waals surface area (Å²) in [4.78, 5) is 10.8. The number of nitrogens with two attached hydrogens (primary N) is 1. The van der Waals surface area contributed by atoms with E-state index >= 15 is 0 Å². The van der Waals surface area contributed by atoms with Crippen LogP contribution in [0.5, 0.6) is 0 Å². The van der Waals surface area contributed by atoms with Crippen LogP contribution in [0.1, 0.15) is 46.0 Å². The summed E-state index contributed by atoms with van der Waals surface area (Å²) in [6.07, 6.45) is 5.28. The summed E-state index contributed by atoms with van der Waals surface area (Å²) in [5.41, 5.74) is 4.65. The number of fused-ring (bicyclic) bond motifs is 2. The maximum absolute atomic E-state index is 10.8. The van der Waals surface area contributed by atoms with Crippen LogP contribution >= 0.6 is 0 Å². The van der Waals surface area contributed by atoms with Crippen molar-refractivity contribution in [1.82, 2.24) is 5.32 Å². The summed E-state index contributed by atoms with van der Waals surface area (Å²) in [6, 6.07) is 1.38. The normalized spacial score (nSPS) is 33.8. The Bertz CT molecular complexity index is 266. The number of carbonyl (C=O) groups excluding carboxylic acids is 1. The zero-order valence-electron chi connectivity index (χ0n) is 10.2. The fraction of sp³-hybridized carbons (Fsp3) is 0.917. The summed E-state index contributed by atoms with van der Waals surface area (Å²) < 4.78 is 5.15. The highest BCUT2D eigenvalue weighted by Crippen LogP contribution is 2.36. The van der Waals surface area contributed by atoms with Gasteiger partial charge in [0, 0.05) is 12.1 Å². The van der Waals surface area contributed by atoms with Gasteiger partial charge in [0.1, 0.15) is 5.60 Å². The molecule has 16 heavy (non-hydrogen) atoms. The molecule has 1 amide bonds. The number of primary amides is 1. The zero-order valence-corrected chi connectivity index (χ0v) is 10.2. The van der Waals surface area contributed by atoms with E-state index in [1.165, 1.54) is 25.7 Å². The molecule has 0 radical (unpaired) electrons. The molecule has 2 fully saturated rings. The average molecular weight is 226 g/mol. The Hall–Kier alpha value is -0.770. The van der Waals surface area contributed by atoms with Crippen molar-refractivity contribution in [2.45, 2.75) is 63.6 Å². The molecule has 2 rings (SSSR count). The van der Waals surface area contributed by atoms with Crippen LogP contribution in [0.25, 0.3) is 0 Å². The summed E-state index contributed by atoms with van der Waals surface area (Å²) in [5.74, 6) is 0.660. The molecule has 3 N–H and O–H groups in total. The van der Waals surface area contributed by atoms with Crippen molar-refractivity contribution in [2.24, 2.45) is 11.7 Å². The zero-order chi connectivity index (χ0) is 11.8. The quantitative estimate of drug-likeness (QED) is 0.771. The molecule has 2 unspecified atom stereocenters. The number of hydrogen-bond donors (Lipinski definition) is 2. The molecule has 0 aromatic carbocycles. The third kappa shape index (κ3) is 2.88. The average Bonchev–Trinajstić information content (AvgIpc) is 2.42. The Morgan fingerprint density at radius 2 is 1.94 bits per heavy atom. The van der Waals surface area contributed by atoms with Crippen LogP contribution in [0.3, 0.4) is 0 Å². The second-order valence-corrected chi connectivity index (χ2v) is 5.86. The molecular weight excluding hydrogens is 204 g/mol. The molecule has 0 aromatic rings. The van der Waals surface area contributed by atoms with Crippen molar-refractivity contribution in [3.63, 3.8) is 0 Å². The minimum absolute atomic E-state index is 0.423. The van der Waals surface area contributed by atoms with Crippen LogP contribution in [0, 0.1) is 5.92 Å². The maximum Gasteiger partial charge on any atom is 0.405 e. The molecule has 2 bridgehead atoms. The van der Waals surface area contributed by atoms with Crippen molar-refractivity contribution in [1.29, 1.82) is 0 Å². The lowest BCUT2D eigenvalue weighted by Gasteiger charge is -2.34. The van der Waals surface area contributed by atoms with Crippen molar-refractivity contribution in [2.75, 3.05) is 0 Å². The lowest BCUT2D eigenvalue weighted by Crippen LogP contribution is -2.41. The number of hydrogen-bond acceptors (Lipinski definition) is 3. The van der Waals surface area contributed by atoms with E-state index in [4.69, 9.17) is 10.5 Å². The van der Waals surface area contributed by atoms with Crippen LogP contribution < -0.4 is 11.1 Å². The second kappa shape index (κ2) is 4.24. The summed E-state index contributed by atoms with van der Waals surface area (Å²) in [6.45, 7) is 3.89. The van der Waals surface area contributed by atoms with E-state index in [2.05, 4.69) is 5.32 Å². The van der Waals surface area contributed by atoms with Gasteiger partial charge in [-0.25, -0.2) is 4.79 Å². The van der Waals surface area contributed by atoms with Crippen molar-refractivity contribution >= 4 is 6.09 Å². The molecule has 2 aliphatic heterocycles. The van der Waals surface area contributed by atoms with Gasteiger partial charge in [0.05, 0.1) is 0 Å². The molecule has 0 spiro atoms. The predicted molar refractivity (Wildman–Crippen MR) is 62.0 cm³/mol. The second-order valence-electron chi connectivity index (χ2n) is 5.86. The highest BCUT2D eigenvalue weighted by atomic mass is 16.6. The van der Waals surface area contributed by atoms with Gasteiger partial charge < -0.3 is 15.8 Å². The predicted octanol–water partition coefficient (Wildman–Crippen LogP) is 1.78. The Labute approximate surface area is 96.9 Å². The first kappa shape index (κ1) is 11.7. The van der Waals surface area contributed by atoms with E-state index in [1.807, 2.05) is 13.8 Å². The highest BCUT2D eigenvalue weighted by molar-refractivity contribution is 5.65. The Kier molecular flexibility index (Phi) is 3.10. The molecule has 92 valence electrons. The third-order valence-corrected chi connectivity index (χ3v) is 3.73. The van der Waals surface area contributed by atoms with Gasteiger partial charge in [-0.2, -0.15) is 0 Å². The van der Waals surface area contributed by atoms with Crippen LogP contribution in [0.2, 0.25) is 0 Å². The van der Waals surface area contributed by atoms with E-state index < -0.39 is 11.7 Å². The van der Waals surface area contributed by atoms with Gasteiger partial charge in [-0.05, 0) is 51.9 Å². The molecule has 2 heterocycles. The number of piperidine rings is 1. The van der Waals surface area contributed by atoms with Gasteiger partial charge in [-0.15, -0.1) is 0 Å². The first-order valence-electron chi connectivity index (χ1n) is 6.19. The SMILES string of the molecule is CC(C)(CC1CC2CCC(C1)N2)OC(N)=O. The van der Waals surface area contributed by atoms with Gasteiger partial charge in [0.2, 0.25) is 0 Å². The third-order valence-electron chi connectivity index (χ3n) is 3.73. The van der Waals surface area contributed by atoms with E-state index in [9.17, 15) is 4.79 Å². The fourth-order valence-corrected chi connectivity index (χ4v) is 3.35. The minimum Gasteiger partial charge on any atom is -0.444 e. The first-order valence-corrected chi connectivity index (χ1v) is 6.19. The molecule has 2 saturated heterocycles. The van der Waals surface area contributed by atoms with Gasteiger partial charge in [-0.3, -0.25) is 0 Å². The summed E-state index contributed by atoms with van der Waals surface area (Å²) in [5, 5.41) is 3.61. The summed E-state index contributed by atoms with van der Waals surface area (Å²) in [7, 11) is 0. The van der Waals surface area contributed by atoms with Crippen LogP contribution in [0.4, 0.5) is 4.79 Å². The molecular formula is C12H22N2O2. The largest absolute Gasteiger partial charge is 0.444 e. The van der Waals surface area contributed by atoms with Gasteiger partial charge in [0.15, 0.2) is 0 Å². The summed E-state index contributed by atoms with van der Waals surface area (Å²) >= 11 is 0. The Balaban J connectivity index is 1.87. The van der Waals surface area contributed by atoms with Gasteiger partial charge >= 0.3 is 6.09 Å². The molecule has 0 saturated carbocycles. The lowest BCUT2D eigenvalue weighted by atomic mass is 9.84. The van der Waals surface area contributed by atoms with Gasteiger partial charge in [0.25, 0.3) is 0 Å². The lowest BCUT2D eigenvalue weighted by molar-refractivity contribution is 0.0204. The van der Waals surface area contributed by atoms with E-state index in [-0.39, 0.29) is 0 Å². The van der Waals surface area contributed by atoms with Crippen LogP contribution in [-0.2, 0) is 4.74 Å². The highest BCUT2D eigenvalue weighted by Gasteiger charge is 2.36. The molecule has 2 aliphatic rings. The van der Waals surface area contributed by atoms with Crippen molar-refractivity contribution in [3.8, 4) is 0 Å². The standard InChI is InChI=1S/C12H22N2O2/c1-12(2,16-11(13)15)7-8-5-9-3-4-10(6-8)14-9/h8-10,14H,3-7H2,1-2H3,(H2,13,15). The molecule has 0 aliphatic carbocycles. The smallest absolute Gasteiger partial charge is 0.405 e. The van der Waals surface area contributed by atoms with Crippen LogP contribution in [0.15, 0.2) is 0 Å². The first-order chi connectivity index (χ1) is 7.44. The Morgan fingerprint density at radius 1 is 1.38 bits per heavy atom. The number of ether oxygens (including phenoxy) is 1. The number of amides is 1. The maximum atomic E-state index is 10.8.